The Kier molecular flexibility index (Phi) is 4.73. The number of rotatable bonds is 3. The van der Waals surface area contributed by atoms with Crippen LogP contribution in [0, 0.1) is 5.92 Å². The monoisotopic (exact) mass is 288 g/mol. The van der Waals surface area contributed by atoms with Crippen LogP contribution in [0.5, 0.6) is 5.75 Å². The Labute approximate surface area is 117 Å². The van der Waals surface area contributed by atoms with Crippen molar-refractivity contribution in [3.8, 4) is 5.75 Å². The summed E-state index contributed by atoms with van der Waals surface area (Å²) in [5.74, 6) is 0.687. The molecule has 3 nitrogen and oxygen atoms in total. The first kappa shape index (κ1) is 13.9. The normalized spacial score (nSPS) is 18.2. The van der Waals surface area contributed by atoms with E-state index < -0.39 is 0 Å². The molecule has 0 aromatic heterocycles. The average molecular weight is 289 g/mol. The van der Waals surface area contributed by atoms with Gasteiger partial charge in [0.25, 0.3) is 0 Å². The summed E-state index contributed by atoms with van der Waals surface area (Å²) in [4.78, 5) is 2.35. The number of nitrogens with zero attached hydrogens (tertiary/aromatic N) is 1. The summed E-state index contributed by atoms with van der Waals surface area (Å²) in [5.41, 5.74) is 6.64. The molecular weight excluding hydrogens is 271 g/mol. The molecule has 0 spiro atoms. The van der Waals surface area contributed by atoms with Crippen molar-refractivity contribution in [1.82, 2.24) is 4.90 Å². The van der Waals surface area contributed by atoms with Gasteiger partial charge in [-0.1, -0.05) is 29.3 Å². The molecule has 0 aliphatic carbocycles. The Balaban J connectivity index is 2.00. The zero-order valence-electron chi connectivity index (χ0n) is 10.2. The lowest BCUT2D eigenvalue weighted by Gasteiger charge is -2.31. The van der Waals surface area contributed by atoms with Gasteiger partial charge in [-0.05, 0) is 50.0 Å². The smallest absolute Gasteiger partial charge is 0.135 e. The number of benzene rings is 1. The van der Waals surface area contributed by atoms with Gasteiger partial charge in [0.2, 0.25) is 0 Å². The van der Waals surface area contributed by atoms with Gasteiger partial charge in [-0.3, -0.25) is 4.90 Å². The van der Waals surface area contributed by atoms with E-state index in [1.165, 1.54) is 0 Å². The number of nitrogens with two attached hydrogens (primary N) is 1. The molecule has 2 rings (SSSR count). The van der Waals surface area contributed by atoms with E-state index in [1.807, 2.05) is 6.07 Å². The van der Waals surface area contributed by atoms with Crippen LogP contribution in [-0.4, -0.2) is 29.6 Å². The minimum absolute atomic E-state index is 0.0345. The Morgan fingerprint density at radius 3 is 2.50 bits per heavy atom. The lowest BCUT2D eigenvalue weighted by atomic mass is 9.97. The molecule has 1 saturated heterocycles. The fourth-order valence-electron chi connectivity index (χ4n) is 2.32. The third-order valence-corrected chi connectivity index (χ3v) is 4.49. The third-order valence-electron chi connectivity index (χ3n) is 3.58. The predicted octanol–water partition coefficient (Wildman–Crippen LogP) is 2.87. The van der Waals surface area contributed by atoms with Gasteiger partial charge in [0, 0.05) is 6.54 Å². The second-order valence-corrected chi connectivity index (χ2v) is 5.58. The van der Waals surface area contributed by atoms with Crippen LogP contribution in [0.15, 0.2) is 12.1 Å². The SMILES string of the molecule is NCC1CCN(Cc2ccc(O)c(Cl)c2Cl)CC1. The molecule has 0 saturated carbocycles. The van der Waals surface area contributed by atoms with Crippen LogP contribution < -0.4 is 5.73 Å². The lowest BCUT2D eigenvalue weighted by molar-refractivity contribution is 0.180. The van der Waals surface area contributed by atoms with Crippen LogP contribution in [0.3, 0.4) is 0 Å². The minimum atomic E-state index is 0.0345. The van der Waals surface area contributed by atoms with Gasteiger partial charge >= 0.3 is 0 Å². The average Bonchev–Trinajstić information content (AvgIpc) is 2.40. The zero-order chi connectivity index (χ0) is 13.1. The number of aromatic hydroxyl groups is 1. The number of piperidine rings is 1. The predicted molar refractivity (Wildman–Crippen MR) is 75.2 cm³/mol. The number of phenolic OH excluding ortho intramolecular Hbond substituents is 1. The number of hydrogen-bond donors (Lipinski definition) is 2. The van der Waals surface area contributed by atoms with Crippen LogP contribution in [0.2, 0.25) is 10.0 Å². The molecule has 3 N–H and O–H groups in total. The highest BCUT2D eigenvalue weighted by atomic mass is 35.5. The Morgan fingerprint density at radius 1 is 1.22 bits per heavy atom. The highest BCUT2D eigenvalue weighted by Gasteiger charge is 2.19. The molecule has 0 amide bonds. The summed E-state index contributed by atoms with van der Waals surface area (Å²) in [7, 11) is 0. The van der Waals surface area contributed by atoms with Gasteiger partial charge in [0.05, 0.1) is 5.02 Å². The van der Waals surface area contributed by atoms with Gasteiger partial charge < -0.3 is 10.8 Å². The largest absolute Gasteiger partial charge is 0.506 e. The van der Waals surface area contributed by atoms with Crippen molar-refractivity contribution in [2.75, 3.05) is 19.6 Å². The van der Waals surface area contributed by atoms with Crippen LogP contribution in [0.4, 0.5) is 0 Å². The Morgan fingerprint density at radius 2 is 1.89 bits per heavy atom. The fraction of sp³-hybridized carbons (Fsp3) is 0.538. The number of phenols is 1. The van der Waals surface area contributed by atoms with Crippen molar-refractivity contribution in [3.63, 3.8) is 0 Å². The van der Waals surface area contributed by atoms with E-state index in [0.717, 1.165) is 44.6 Å². The second-order valence-electron chi connectivity index (χ2n) is 4.83. The molecule has 18 heavy (non-hydrogen) atoms. The molecule has 0 unspecified atom stereocenters. The Hall–Kier alpha value is -0.480. The summed E-state index contributed by atoms with van der Waals surface area (Å²) in [6.07, 6.45) is 2.28. The summed E-state index contributed by atoms with van der Waals surface area (Å²) in [5, 5.41) is 10.2. The van der Waals surface area contributed by atoms with Gasteiger partial charge in [-0.15, -0.1) is 0 Å². The molecule has 0 radical (unpaired) electrons. The van der Waals surface area contributed by atoms with Gasteiger partial charge in [-0.2, -0.15) is 0 Å². The molecule has 1 aromatic rings. The molecule has 0 bridgehead atoms. The van der Waals surface area contributed by atoms with Crippen molar-refractivity contribution in [3.05, 3.63) is 27.7 Å². The molecule has 5 heteroatoms. The topological polar surface area (TPSA) is 49.5 Å². The van der Waals surface area contributed by atoms with Crippen molar-refractivity contribution < 1.29 is 5.11 Å². The Bertz CT molecular complexity index is 418. The van der Waals surface area contributed by atoms with E-state index in [1.54, 1.807) is 6.07 Å². The van der Waals surface area contributed by atoms with Gasteiger partial charge in [0.15, 0.2) is 0 Å². The van der Waals surface area contributed by atoms with Crippen LogP contribution in [0.25, 0.3) is 0 Å². The lowest BCUT2D eigenvalue weighted by Crippen LogP contribution is -2.35. The highest BCUT2D eigenvalue weighted by Crippen LogP contribution is 2.34. The van der Waals surface area contributed by atoms with E-state index in [2.05, 4.69) is 4.90 Å². The molecule has 1 heterocycles. The van der Waals surface area contributed by atoms with Crippen molar-refractivity contribution in [2.45, 2.75) is 19.4 Å². The molecule has 1 aromatic carbocycles. The summed E-state index contributed by atoms with van der Waals surface area (Å²) < 4.78 is 0. The van der Waals surface area contributed by atoms with E-state index >= 15 is 0 Å². The fourth-order valence-corrected chi connectivity index (χ4v) is 2.73. The summed E-state index contributed by atoms with van der Waals surface area (Å²) in [6.45, 7) is 3.63. The van der Waals surface area contributed by atoms with Crippen molar-refractivity contribution in [1.29, 1.82) is 0 Å². The maximum absolute atomic E-state index is 9.45. The standard InChI is InChI=1S/C13H18Cl2N2O/c14-12-10(1-2-11(18)13(12)15)8-17-5-3-9(7-16)4-6-17/h1-2,9,18H,3-8,16H2. The molecule has 100 valence electrons. The molecule has 0 atom stereocenters. The van der Waals surface area contributed by atoms with Crippen LogP contribution >= 0.6 is 23.2 Å². The quantitative estimate of drug-likeness (QED) is 0.899. The number of halogens is 2. The maximum Gasteiger partial charge on any atom is 0.135 e. The van der Waals surface area contributed by atoms with Gasteiger partial charge in [0.1, 0.15) is 10.8 Å². The molecule has 1 aliphatic heterocycles. The van der Waals surface area contributed by atoms with Gasteiger partial charge in [-0.25, -0.2) is 0 Å². The van der Waals surface area contributed by atoms with E-state index in [-0.39, 0.29) is 10.8 Å². The number of likely N-dealkylation sites (tertiary alicyclic amines) is 1. The first-order chi connectivity index (χ1) is 8.61. The first-order valence-electron chi connectivity index (χ1n) is 6.20. The highest BCUT2D eigenvalue weighted by molar-refractivity contribution is 6.43. The summed E-state index contributed by atoms with van der Waals surface area (Å²) >= 11 is 12.1. The zero-order valence-corrected chi connectivity index (χ0v) is 11.7. The summed E-state index contributed by atoms with van der Waals surface area (Å²) in [6, 6.07) is 3.43. The van der Waals surface area contributed by atoms with Crippen LogP contribution in [-0.2, 0) is 6.54 Å². The van der Waals surface area contributed by atoms with E-state index in [4.69, 9.17) is 28.9 Å². The second kappa shape index (κ2) is 6.11. The first-order valence-corrected chi connectivity index (χ1v) is 6.95. The molecule has 1 fully saturated rings. The van der Waals surface area contributed by atoms with Crippen molar-refractivity contribution in [2.24, 2.45) is 11.7 Å². The third kappa shape index (κ3) is 3.09. The number of hydrogen-bond acceptors (Lipinski definition) is 3. The van der Waals surface area contributed by atoms with Crippen molar-refractivity contribution >= 4 is 23.2 Å². The molecular formula is C13H18Cl2N2O. The van der Waals surface area contributed by atoms with E-state index in [9.17, 15) is 5.11 Å². The minimum Gasteiger partial charge on any atom is -0.506 e. The van der Waals surface area contributed by atoms with E-state index in [0.29, 0.717) is 10.9 Å². The maximum atomic E-state index is 9.45. The molecule has 1 aliphatic rings. The van der Waals surface area contributed by atoms with Crippen LogP contribution in [0.1, 0.15) is 18.4 Å².